The topological polar surface area (TPSA) is 81.7 Å². The van der Waals surface area contributed by atoms with Gasteiger partial charge in [-0.15, -0.1) is 0 Å². The number of nitrogens with one attached hydrogen (secondary N) is 1. The highest BCUT2D eigenvalue weighted by Gasteiger charge is 2.17. The van der Waals surface area contributed by atoms with Crippen LogP contribution in [0.25, 0.3) is 0 Å². The number of carbonyl (C=O) groups excluding carboxylic acids is 1. The van der Waals surface area contributed by atoms with Crippen molar-refractivity contribution in [3.8, 4) is 11.5 Å². The summed E-state index contributed by atoms with van der Waals surface area (Å²) in [5.41, 5.74) is 0. The number of hydrogen-bond donors (Lipinski definition) is 1. The fourth-order valence-electron chi connectivity index (χ4n) is 1.88. The highest BCUT2D eigenvalue weighted by Crippen LogP contribution is 2.29. The zero-order valence-electron chi connectivity index (χ0n) is 13.2. The minimum atomic E-state index is -3.48. The van der Waals surface area contributed by atoms with E-state index in [9.17, 15) is 13.2 Å². The second kappa shape index (κ2) is 8.63. The molecule has 22 heavy (non-hydrogen) atoms. The van der Waals surface area contributed by atoms with Gasteiger partial charge in [-0.1, -0.05) is 13.3 Å². The Morgan fingerprint density at radius 1 is 1.18 bits per heavy atom. The number of rotatable bonds is 9. The van der Waals surface area contributed by atoms with Gasteiger partial charge in [0, 0.05) is 19.0 Å². The van der Waals surface area contributed by atoms with Crippen LogP contribution >= 0.6 is 0 Å². The van der Waals surface area contributed by atoms with E-state index in [-0.39, 0.29) is 23.1 Å². The monoisotopic (exact) mass is 329 g/mol. The summed E-state index contributed by atoms with van der Waals surface area (Å²) in [7, 11) is -0.554. The molecule has 0 aliphatic heterocycles. The van der Waals surface area contributed by atoms with Gasteiger partial charge in [0.1, 0.15) is 0 Å². The third kappa shape index (κ3) is 5.22. The van der Waals surface area contributed by atoms with Crippen LogP contribution in [0.3, 0.4) is 0 Å². The van der Waals surface area contributed by atoms with Crippen molar-refractivity contribution in [3.05, 3.63) is 18.2 Å². The van der Waals surface area contributed by atoms with Crippen LogP contribution in [-0.2, 0) is 14.6 Å². The predicted octanol–water partition coefficient (Wildman–Crippen LogP) is 1.78. The number of hydrogen-bond acceptors (Lipinski definition) is 5. The molecule has 6 nitrogen and oxygen atoms in total. The quantitative estimate of drug-likeness (QED) is 0.747. The highest BCUT2D eigenvalue weighted by molar-refractivity contribution is 7.91. The van der Waals surface area contributed by atoms with Crippen molar-refractivity contribution < 1.29 is 22.7 Å². The fraction of sp³-hybridized carbons (Fsp3) is 0.533. The van der Waals surface area contributed by atoms with E-state index in [1.807, 2.05) is 6.92 Å². The maximum atomic E-state index is 12.2. The van der Waals surface area contributed by atoms with E-state index in [1.165, 1.54) is 26.4 Å². The Labute approximate surface area is 131 Å². The fourth-order valence-corrected chi connectivity index (χ4v) is 3.05. The lowest BCUT2D eigenvalue weighted by molar-refractivity contribution is -0.121. The molecule has 7 heteroatoms. The van der Waals surface area contributed by atoms with E-state index in [2.05, 4.69) is 5.32 Å². The summed E-state index contributed by atoms with van der Waals surface area (Å²) >= 11 is 0. The minimum absolute atomic E-state index is 0.0965. The van der Waals surface area contributed by atoms with Gasteiger partial charge >= 0.3 is 0 Å². The Balaban J connectivity index is 2.68. The van der Waals surface area contributed by atoms with Crippen LogP contribution in [0, 0.1) is 0 Å². The van der Waals surface area contributed by atoms with Gasteiger partial charge in [-0.05, 0) is 18.6 Å². The first kappa shape index (κ1) is 18.3. The zero-order valence-corrected chi connectivity index (χ0v) is 14.0. The molecule has 0 heterocycles. The van der Waals surface area contributed by atoms with Crippen LogP contribution in [0.5, 0.6) is 11.5 Å². The van der Waals surface area contributed by atoms with Crippen molar-refractivity contribution in [1.82, 2.24) is 5.32 Å². The summed E-state index contributed by atoms with van der Waals surface area (Å²) in [6, 6.07) is 4.44. The van der Waals surface area contributed by atoms with Crippen molar-refractivity contribution in [1.29, 1.82) is 0 Å². The maximum absolute atomic E-state index is 12.2. The van der Waals surface area contributed by atoms with Crippen LogP contribution in [0.1, 0.15) is 26.2 Å². The third-order valence-electron chi connectivity index (χ3n) is 3.16. The zero-order chi connectivity index (χ0) is 16.6. The van der Waals surface area contributed by atoms with Crippen LogP contribution in [0.2, 0.25) is 0 Å². The lowest BCUT2D eigenvalue weighted by atomic mass is 10.2. The Morgan fingerprint density at radius 2 is 1.86 bits per heavy atom. The molecule has 0 aliphatic rings. The van der Waals surface area contributed by atoms with Gasteiger partial charge in [0.2, 0.25) is 5.91 Å². The van der Waals surface area contributed by atoms with Crippen molar-refractivity contribution in [2.75, 3.05) is 26.5 Å². The number of sulfone groups is 1. The molecule has 1 amide bonds. The first-order valence-electron chi connectivity index (χ1n) is 7.16. The van der Waals surface area contributed by atoms with Crippen molar-refractivity contribution in [2.45, 2.75) is 31.1 Å². The second-order valence-corrected chi connectivity index (χ2v) is 6.90. The van der Waals surface area contributed by atoms with E-state index < -0.39 is 9.84 Å². The number of methoxy groups -OCH3 is 2. The number of ether oxygens (including phenoxy) is 2. The molecular weight excluding hydrogens is 306 g/mol. The normalized spacial score (nSPS) is 11.0. The average molecular weight is 329 g/mol. The van der Waals surface area contributed by atoms with Gasteiger partial charge in [0.05, 0.1) is 24.9 Å². The summed E-state index contributed by atoms with van der Waals surface area (Å²) in [5, 5.41) is 2.62. The van der Waals surface area contributed by atoms with Crippen molar-refractivity contribution in [2.24, 2.45) is 0 Å². The van der Waals surface area contributed by atoms with Crippen LogP contribution < -0.4 is 14.8 Å². The Bertz CT molecular complexity index is 598. The standard InChI is InChI=1S/C15H23NO5S/c1-4-5-6-15(17)16-9-10-22(18,19)12-7-8-13(20-2)14(11-12)21-3/h7-8,11H,4-6,9-10H2,1-3H3,(H,16,17). The molecule has 1 N–H and O–H groups in total. The molecule has 1 rings (SSSR count). The van der Waals surface area contributed by atoms with E-state index in [0.717, 1.165) is 12.8 Å². The number of carbonyl (C=O) groups is 1. The SMILES string of the molecule is CCCCC(=O)NCCS(=O)(=O)c1ccc(OC)c(OC)c1. The van der Waals surface area contributed by atoms with Crippen LogP contribution in [0.15, 0.2) is 23.1 Å². The molecule has 0 aliphatic carbocycles. The van der Waals surface area contributed by atoms with Gasteiger partial charge < -0.3 is 14.8 Å². The molecule has 0 radical (unpaired) electrons. The van der Waals surface area contributed by atoms with Gasteiger partial charge in [0.25, 0.3) is 0 Å². The summed E-state index contributed by atoms with van der Waals surface area (Å²) in [5.74, 6) is 0.551. The number of amides is 1. The first-order valence-corrected chi connectivity index (χ1v) is 8.81. The molecular formula is C15H23NO5S. The lowest BCUT2D eigenvalue weighted by Gasteiger charge is -2.10. The smallest absolute Gasteiger partial charge is 0.220 e. The Hall–Kier alpha value is -1.76. The van der Waals surface area contributed by atoms with E-state index in [1.54, 1.807) is 6.07 Å². The van der Waals surface area contributed by atoms with Crippen molar-refractivity contribution >= 4 is 15.7 Å². The highest BCUT2D eigenvalue weighted by atomic mass is 32.2. The summed E-state index contributed by atoms with van der Waals surface area (Å²) < 4.78 is 34.7. The molecule has 0 spiro atoms. The predicted molar refractivity (Wildman–Crippen MR) is 84.1 cm³/mol. The largest absolute Gasteiger partial charge is 0.493 e. The molecule has 0 aromatic heterocycles. The van der Waals surface area contributed by atoms with Gasteiger partial charge in [-0.2, -0.15) is 0 Å². The molecule has 0 fully saturated rings. The number of benzene rings is 1. The van der Waals surface area contributed by atoms with Gasteiger partial charge in [-0.3, -0.25) is 4.79 Å². The molecule has 0 bridgehead atoms. The summed E-state index contributed by atoms with van der Waals surface area (Å²) in [6.07, 6.45) is 2.15. The van der Waals surface area contributed by atoms with E-state index in [4.69, 9.17) is 9.47 Å². The molecule has 0 atom stereocenters. The van der Waals surface area contributed by atoms with Crippen LogP contribution in [-0.4, -0.2) is 40.8 Å². The second-order valence-electron chi connectivity index (χ2n) is 4.79. The number of unbranched alkanes of at least 4 members (excludes halogenated alkanes) is 1. The summed E-state index contributed by atoms with van der Waals surface area (Å²) in [6.45, 7) is 2.09. The average Bonchev–Trinajstić information content (AvgIpc) is 2.51. The van der Waals surface area contributed by atoms with E-state index in [0.29, 0.717) is 17.9 Å². The molecule has 0 unspecified atom stereocenters. The van der Waals surface area contributed by atoms with Crippen LogP contribution in [0.4, 0.5) is 0 Å². The molecule has 1 aromatic carbocycles. The molecule has 0 saturated heterocycles. The summed E-state index contributed by atoms with van der Waals surface area (Å²) in [4.78, 5) is 11.6. The molecule has 1 aromatic rings. The first-order chi connectivity index (χ1) is 10.4. The molecule has 124 valence electrons. The van der Waals surface area contributed by atoms with E-state index >= 15 is 0 Å². The Morgan fingerprint density at radius 3 is 2.45 bits per heavy atom. The Kier molecular flexibility index (Phi) is 7.17. The van der Waals surface area contributed by atoms with Gasteiger partial charge in [-0.25, -0.2) is 8.42 Å². The maximum Gasteiger partial charge on any atom is 0.220 e. The molecule has 0 saturated carbocycles. The van der Waals surface area contributed by atoms with Crippen molar-refractivity contribution in [3.63, 3.8) is 0 Å². The van der Waals surface area contributed by atoms with Gasteiger partial charge in [0.15, 0.2) is 21.3 Å². The minimum Gasteiger partial charge on any atom is -0.493 e. The lowest BCUT2D eigenvalue weighted by Crippen LogP contribution is -2.28. The third-order valence-corrected chi connectivity index (χ3v) is 4.88.